The summed E-state index contributed by atoms with van der Waals surface area (Å²) in [5.41, 5.74) is 0.252. The first-order chi connectivity index (χ1) is 15.8. The molecule has 1 aliphatic carbocycles. The molecule has 3 amide bonds. The maximum absolute atomic E-state index is 12.6. The molecule has 2 aromatic carbocycles. The van der Waals surface area contributed by atoms with Gasteiger partial charge in [0.05, 0.1) is 28.4 Å². The number of nitrogens with zero attached hydrogens (tertiary/aromatic N) is 2. The monoisotopic (exact) mass is 445 g/mol. The van der Waals surface area contributed by atoms with Crippen molar-refractivity contribution >= 4 is 29.4 Å². The largest absolute Gasteiger partial charge is 0.449 e. The van der Waals surface area contributed by atoms with Crippen molar-refractivity contribution in [2.45, 2.75) is 50.7 Å². The van der Waals surface area contributed by atoms with Gasteiger partial charge in [0, 0.05) is 0 Å². The lowest BCUT2D eigenvalue weighted by molar-refractivity contribution is -0.130. The number of carbonyl (C=O) groups excluding carboxylic acids is 4. The Labute approximate surface area is 191 Å². The van der Waals surface area contributed by atoms with Crippen LogP contribution in [0, 0.1) is 11.3 Å². The normalized spacial score (nSPS) is 17.6. The van der Waals surface area contributed by atoms with Crippen molar-refractivity contribution < 1.29 is 23.9 Å². The minimum Gasteiger partial charge on any atom is -0.449 e. The highest BCUT2D eigenvalue weighted by molar-refractivity contribution is 6.34. The molecule has 33 heavy (non-hydrogen) atoms. The number of carbonyl (C=O) groups is 4. The van der Waals surface area contributed by atoms with Crippen LogP contribution in [0.25, 0.3) is 0 Å². The first kappa shape index (κ1) is 22.2. The SMILES string of the molecule is CC(OC(=O)c1ccc(N2C(=O)c3ccccc3C2=O)cc1)C(=O)NC1(C#N)CCCCC1. The van der Waals surface area contributed by atoms with Crippen molar-refractivity contribution in [3.8, 4) is 6.07 Å². The highest BCUT2D eigenvalue weighted by atomic mass is 16.5. The summed E-state index contributed by atoms with van der Waals surface area (Å²) in [5, 5.41) is 12.3. The molecule has 0 radical (unpaired) electrons. The molecule has 1 aliphatic heterocycles. The van der Waals surface area contributed by atoms with Gasteiger partial charge >= 0.3 is 5.97 Å². The van der Waals surface area contributed by atoms with E-state index in [1.807, 2.05) is 0 Å². The fourth-order valence-corrected chi connectivity index (χ4v) is 4.21. The van der Waals surface area contributed by atoms with E-state index < -0.39 is 35.3 Å². The summed E-state index contributed by atoms with van der Waals surface area (Å²) in [7, 11) is 0. The van der Waals surface area contributed by atoms with Crippen LogP contribution in [0.15, 0.2) is 48.5 Å². The third-order valence-corrected chi connectivity index (χ3v) is 6.09. The molecule has 1 fully saturated rings. The molecule has 1 unspecified atom stereocenters. The fraction of sp³-hybridized carbons (Fsp3) is 0.320. The van der Waals surface area contributed by atoms with Crippen LogP contribution in [0.3, 0.4) is 0 Å². The molecule has 0 spiro atoms. The lowest BCUT2D eigenvalue weighted by Crippen LogP contribution is -2.52. The van der Waals surface area contributed by atoms with E-state index in [0.717, 1.165) is 24.2 Å². The van der Waals surface area contributed by atoms with Gasteiger partial charge in [0.25, 0.3) is 17.7 Å². The van der Waals surface area contributed by atoms with E-state index in [4.69, 9.17) is 4.74 Å². The number of amides is 3. The minimum absolute atomic E-state index is 0.169. The first-order valence-corrected chi connectivity index (χ1v) is 10.9. The third-order valence-electron chi connectivity index (χ3n) is 6.09. The van der Waals surface area contributed by atoms with Gasteiger partial charge in [-0.1, -0.05) is 31.4 Å². The second kappa shape index (κ2) is 8.87. The molecule has 2 aliphatic rings. The van der Waals surface area contributed by atoms with Crippen LogP contribution in [0.5, 0.6) is 0 Å². The molecule has 0 aromatic heterocycles. The summed E-state index contributed by atoms with van der Waals surface area (Å²) < 4.78 is 5.28. The molecule has 4 rings (SSSR count). The van der Waals surface area contributed by atoms with E-state index in [9.17, 15) is 24.4 Å². The smallest absolute Gasteiger partial charge is 0.338 e. The molecular formula is C25H23N3O5. The molecule has 8 heteroatoms. The predicted octanol–water partition coefficient (Wildman–Crippen LogP) is 3.38. The van der Waals surface area contributed by atoms with Crippen LogP contribution < -0.4 is 10.2 Å². The number of nitriles is 1. The van der Waals surface area contributed by atoms with Gasteiger partial charge in [-0.2, -0.15) is 5.26 Å². The van der Waals surface area contributed by atoms with Gasteiger partial charge in [0.2, 0.25) is 0 Å². The summed E-state index contributed by atoms with van der Waals surface area (Å²) in [5.74, 6) is -2.09. The second-order valence-electron chi connectivity index (χ2n) is 8.33. The fourth-order valence-electron chi connectivity index (χ4n) is 4.21. The standard InChI is InChI=1S/C25H23N3O5/c1-16(21(29)27-25(15-26)13-5-2-6-14-25)33-24(32)17-9-11-18(12-10-17)28-22(30)19-7-3-4-8-20(19)23(28)31/h3-4,7-12,16H,2,5-6,13-14H2,1H3,(H,27,29). The predicted molar refractivity (Wildman–Crippen MR) is 118 cm³/mol. The first-order valence-electron chi connectivity index (χ1n) is 10.9. The molecule has 0 saturated heterocycles. The number of fused-ring (bicyclic) bond motifs is 1. The van der Waals surface area contributed by atoms with E-state index in [1.54, 1.807) is 24.3 Å². The molecule has 8 nitrogen and oxygen atoms in total. The average molecular weight is 445 g/mol. The zero-order valence-electron chi connectivity index (χ0n) is 18.2. The van der Waals surface area contributed by atoms with Crippen LogP contribution in [-0.2, 0) is 9.53 Å². The molecule has 168 valence electrons. The van der Waals surface area contributed by atoms with E-state index in [-0.39, 0.29) is 5.56 Å². The number of hydrogen-bond acceptors (Lipinski definition) is 6. The Balaban J connectivity index is 1.41. The van der Waals surface area contributed by atoms with Crippen LogP contribution >= 0.6 is 0 Å². The lowest BCUT2D eigenvalue weighted by atomic mass is 9.83. The zero-order chi connectivity index (χ0) is 23.6. The highest BCUT2D eigenvalue weighted by Crippen LogP contribution is 2.29. The number of nitrogens with one attached hydrogen (secondary N) is 1. The van der Waals surface area contributed by atoms with Gasteiger partial charge in [-0.25, -0.2) is 9.69 Å². The van der Waals surface area contributed by atoms with Crippen molar-refractivity contribution in [3.05, 3.63) is 65.2 Å². The number of benzene rings is 2. The van der Waals surface area contributed by atoms with E-state index in [2.05, 4.69) is 11.4 Å². The Hall–Kier alpha value is -3.99. The number of rotatable bonds is 5. The van der Waals surface area contributed by atoms with E-state index in [0.29, 0.717) is 29.7 Å². The van der Waals surface area contributed by atoms with Crippen molar-refractivity contribution in [2.24, 2.45) is 0 Å². The van der Waals surface area contributed by atoms with Crippen molar-refractivity contribution in [2.75, 3.05) is 4.90 Å². The quantitative estimate of drug-likeness (QED) is 0.557. The minimum atomic E-state index is -1.08. The summed E-state index contributed by atoms with van der Waals surface area (Å²) in [4.78, 5) is 51.3. The average Bonchev–Trinajstić information content (AvgIpc) is 3.09. The van der Waals surface area contributed by atoms with Gasteiger partial charge in [-0.15, -0.1) is 0 Å². The maximum Gasteiger partial charge on any atom is 0.338 e. The molecule has 2 aromatic rings. The van der Waals surface area contributed by atoms with Crippen LogP contribution in [0.1, 0.15) is 70.1 Å². The Kier molecular flexibility index (Phi) is 5.97. The molecule has 1 N–H and O–H groups in total. The maximum atomic E-state index is 12.6. The van der Waals surface area contributed by atoms with E-state index in [1.165, 1.54) is 31.2 Å². The van der Waals surface area contributed by atoms with Gasteiger partial charge in [-0.05, 0) is 56.2 Å². The summed E-state index contributed by atoms with van der Waals surface area (Å²) in [6, 6.07) is 14.6. The summed E-state index contributed by atoms with van der Waals surface area (Å²) >= 11 is 0. The summed E-state index contributed by atoms with van der Waals surface area (Å²) in [6.07, 6.45) is 2.83. The van der Waals surface area contributed by atoms with Crippen LogP contribution in [0.2, 0.25) is 0 Å². The van der Waals surface area contributed by atoms with E-state index >= 15 is 0 Å². The highest BCUT2D eigenvalue weighted by Gasteiger charge is 2.37. The second-order valence-corrected chi connectivity index (χ2v) is 8.33. The molecular weight excluding hydrogens is 422 g/mol. The van der Waals surface area contributed by atoms with Crippen molar-refractivity contribution in [3.63, 3.8) is 0 Å². The van der Waals surface area contributed by atoms with Crippen molar-refractivity contribution in [1.82, 2.24) is 5.32 Å². The zero-order valence-corrected chi connectivity index (χ0v) is 18.2. The van der Waals surface area contributed by atoms with Gasteiger partial charge in [0.15, 0.2) is 6.10 Å². The Morgan fingerprint density at radius 3 is 2.12 bits per heavy atom. The Morgan fingerprint density at radius 2 is 1.58 bits per heavy atom. The van der Waals surface area contributed by atoms with Crippen LogP contribution in [-0.4, -0.2) is 35.3 Å². The third kappa shape index (κ3) is 4.22. The number of esters is 1. The summed E-state index contributed by atoms with van der Waals surface area (Å²) in [6.45, 7) is 1.45. The molecule has 0 bridgehead atoms. The van der Waals surface area contributed by atoms with Crippen molar-refractivity contribution in [1.29, 1.82) is 5.26 Å². The lowest BCUT2D eigenvalue weighted by Gasteiger charge is -2.32. The Morgan fingerprint density at radius 1 is 1.00 bits per heavy atom. The van der Waals surface area contributed by atoms with Gasteiger partial charge in [-0.3, -0.25) is 14.4 Å². The van der Waals surface area contributed by atoms with Gasteiger partial charge < -0.3 is 10.1 Å². The number of ether oxygens (including phenoxy) is 1. The molecule has 1 heterocycles. The Bertz CT molecular complexity index is 1120. The number of imide groups is 1. The van der Waals surface area contributed by atoms with Crippen LogP contribution in [0.4, 0.5) is 5.69 Å². The van der Waals surface area contributed by atoms with Gasteiger partial charge in [0.1, 0.15) is 5.54 Å². The molecule has 1 atom stereocenters. The number of hydrogen-bond donors (Lipinski definition) is 1. The topological polar surface area (TPSA) is 117 Å². The molecule has 1 saturated carbocycles. The number of anilines is 1.